The molecule has 0 spiro atoms. The van der Waals surface area contributed by atoms with Crippen LogP contribution in [0.5, 0.6) is 0 Å². The van der Waals surface area contributed by atoms with Gasteiger partial charge < -0.3 is 14.6 Å². The fourth-order valence-corrected chi connectivity index (χ4v) is 8.75. The second kappa shape index (κ2) is 6.69. The van der Waals surface area contributed by atoms with Gasteiger partial charge in [-0.1, -0.05) is 69.4 Å². The second-order valence-electron chi connectivity index (χ2n) is 9.32. The predicted molar refractivity (Wildman–Crippen MR) is 106 cm³/mol. The highest BCUT2D eigenvalue weighted by atomic mass is 28.4. The van der Waals surface area contributed by atoms with Crippen LogP contribution in [0.15, 0.2) is 30.3 Å². The molecule has 4 atom stereocenters. The number of hydrogen-bond acceptors (Lipinski definition) is 3. The topological polar surface area (TPSA) is 49.7 Å². The maximum Gasteiger partial charge on any atom is 0.192 e. The van der Waals surface area contributed by atoms with E-state index in [-0.39, 0.29) is 16.7 Å². The molecular weight excluding hydrogens is 332 g/mol. The van der Waals surface area contributed by atoms with Crippen molar-refractivity contribution in [3.05, 3.63) is 30.3 Å². The molecule has 24 heavy (non-hydrogen) atoms. The molecule has 0 unspecified atom stereocenters. The van der Waals surface area contributed by atoms with Crippen LogP contribution in [0.1, 0.15) is 27.2 Å². The van der Waals surface area contributed by atoms with E-state index in [0.29, 0.717) is 6.42 Å². The van der Waals surface area contributed by atoms with Crippen molar-refractivity contribution in [1.29, 1.82) is 0 Å². The van der Waals surface area contributed by atoms with Crippen molar-refractivity contribution in [3.8, 4) is 0 Å². The van der Waals surface area contributed by atoms with Crippen molar-refractivity contribution in [2.24, 2.45) is 0 Å². The van der Waals surface area contributed by atoms with Crippen LogP contribution in [0.25, 0.3) is 0 Å². The first-order valence-electron chi connectivity index (χ1n) is 8.97. The van der Waals surface area contributed by atoms with Crippen LogP contribution < -0.4 is 5.19 Å². The van der Waals surface area contributed by atoms with E-state index in [1.807, 2.05) is 6.07 Å². The highest BCUT2D eigenvalue weighted by molar-refractivity contribution is 6.91. The minimum atomic E-state index is -1.99. The zero-order valence-corrected chi connectivity index (χ0v) is 18.2. The monoisotopic (exact) mass is 366 g/mol. The van der Waals surface area contributed by atoms with E-state index < -0.39 is 28.6 Å². The Morgan fingerprint density at radius 2 is 1.54 bits per heavy atom. The lowest BCUT2D eigenvalue weighted by molar-refractivity contribution is 0.0431. The molecule has 0 heterocycles. The molecule has 5 heteroatoms. The number of benzene rings is 1. The minimum Gasteiger partial charge on any atom is -0.414 e. The average molecular weight is 367 g/mol. The lowest BCUT2D eigenvalue weighted by atomic mass is 10.2. The van der Waals surface area contributed by atoms with Crippen LogP contribution in [0.3, 0.4) is 0 Å². The van der Waals surface area contributed by atoms with Crippen LogP contribution in [-0.4, -0.2) is 44.9 Å². The van der Waals surface area contributed by atoms with Crippen LogP contribution >= 0.6 is 0 Å². The zero-order chi connectivity index (χ0) is 18.3. The summed E-state index contributed by atoms with van der Waals surface area (Å²) in [7, 11) is -3.94. The smallest absolute Gasteiger partial charge is 0.192 e. The van der Waals surface area contributed by atoms with Crippen molar-refractivity contribution < 1.29 is 14.6 Å². The molecule has 2 N–H and O–H groups in total. The van der Waals surface area contributed by atoms with E-state index in [0.717, 1.165) is 0 Å². The van der Waals surface area contributed by atoms with Crippen molar-refractivity contribution in [2.45, 2.75) is 82.3 Å². The van der Waals surface area contributed by atoms with Crippen molar-refractivity contribution >= 4 is 21.6 Å². The SMILES string of the molecule is CC(C)(C)[Si](C)(C)O[C@@H]1C[C@@H](O)[C@@H](O)[C@@H]1[Si](C)(C)c1ccccc1. The quantitative estimate of drug-likeness (QED) is 0.802. The number of rotatable bonds is 4. The van der Waals surface area contributed by atoms with Crippen molar-refractivity contribution in [2.75, 3.05) is 0 Å². The van der Waals surface area contributed by atoms with Crippen molar-refractivity contribution in [3.63, 3.8) is 0 Å². The minimum absolute atomic E-state index is 0.0176. The standard InChI is InChI=1S/C19H34O3Si2/c1-19(2,3)24(6,7)22-16-13-15(20)17(21)18(16)23(4,5)14-11-9-8-10-12-14/h8-12,15-18,20-21H,13H2,1-7H3/t15-,16-,17-,18-/m1/s1. The Bertz CT molecular complexity index is 551. The maximum atomic E-state index is 10.7. The third-order valence-electron chi connectivity index (χ3n) is 6.24. The highest BCUT2D eigenvalue weighted by Crippen LogP contribution is 2.46. The van der Waals surface area contributed by atoms with Crippen LogP contribution in [-0.2, 0) is 4.43 Å². The predicted octanol–water partition coefficient (Wildman–Crippen LogP) is 3.49. The van der Waals surface area contributed by atoms with E-state index >= 15 is 0 Å². The zero-order valence-electron chi connectivity index (χ0n) is 16.2. The lowest BCUT2D eigenvalue weighted by Gasteiger charge is -2.43. The molecule has 0 saturated heterocycles. The first-order chi connectivity index (χ1) is 10.9. The Morgan fingerprint density at radius 1 is 1.00 bits per heavy atom. The molecule has 0 aromatic heterocycles. The molecule has 1 aromatic carbocycles. The van der Waals surface area contributed by atoms with Gasteiger partial charge in [-0.25, -0.2) is 0 Å². The van der Waals surface area contributed by atoms with E-state index in [1.165, 1.54) is 5.19 Å². The molecule has 2 rings (SSSR count). The summed E-state index contributed by atoms with van der Waals surface area (Å²) >= 11 is 0. The van der Waals surface area contributed by atoms with Crippen molar-refractivity contribution in [1.82, 2.24) is 0 Å². The second-order valence-corrected chi connectivity index (χ2v) is 18.8. The third-order valence-corrected chi connectivity index (χ3v) is 14.9. The molecule has 3 nitrogen and oxygen atoms in total. The summed E-state index contributed by atoms with van der Waals surface area (Å²) < 4.78 is 6.68. The van der Waals surface area contributed by atoms with Gasteiger partial charge in [0.1, 0.15) is 0 Å². The van der Waals surface area contributed by atoms with Gasteiger partial charge in [-0.2, -0.15) is 0 Å². The summed E-state index contributed by atoms with van der Waals surface area (Å²) in [6, 6.07) is 10.5. The highest BCUT2D eigenvalue weighted by Gasteiger charge is 2.53. The molecule has 0 radical (unpaired) electrons. The number of aliphatic hydroxyl groups is 2. The number of aliphatic hydroxyl groups excluding tert-OH is 2. The molecule has 136 valence electrons. The van der Waals surface area contributed by atoms with Gasteiger partial charge in [0.2, 0.25) is 0 Å². The summed E-state index contributed by atoms with van der Waals surface area (Å²) in [6.07, 6.45) is -0.888. The third kappa shape index (κ3) is 3.70. The summed E-state index contributed by atoms with van der Waals surface area (Å²) in [4.78, 5) is 0. The molecule has 1 aliphatic carbocycles. The Hall–Kier alpha value is -0.466. The van der Waals surface area contributed by atoms with E-state index in [4.69, 9.17) is 4.43 Å². The van der Waals surface area contributed by atoms with E-state index in [1.54, 1.807) is 0 Å². The normalized spacial score (nSPS) is 29.0. The van der Waals surface area contributed by atoms with Gasteiger partial charge in [-0.05, 0) is 18.1 Å². The van der Waals surface area contributed by atoms with E-state index in [2.05, 4.69) is 71.2 Å². The summed E-state index contributed by atoms with van der Waals surface area (Å²) in [5, 5.41) is 22.5. The van der Waals surface area contributed by atoms with Crippen LogP contribution in [0.2, 0.25) is 36.8 Å². The summed E-state index contributed by atoms with van der Waals surface area (Å²) in [6.45, 7) is 15.8. The van der Waals surface area contributed by atoms with Gasteiger partial charge in [0.05, 0.1) is 26.4 Å². The summed E-state index contributed by atoms with van der Waals surface area (Å²) in [5.41, 5.74) is 0.0176. The van der Waals surface area contributed by atoms with Gasteiger partial charge in [0.25, 0.3) is 0 Å². The van der Waals surface area contributed by atoms with Crippen LogP contribution in [0, 0.1) is 0 Å². The Labute approximate surface area is 149 Å². The van der Waals surface area contributed by atoms with Gasteiger partial charge in [0, 0.05) is 12.0 Å². The van der Waals surface area contributed by atoms with Gasteiger partial charge >= 0.3 is 0 Å². The fourth-order valence-electron chi connectivity index (χ4n) is 3.61. The Kier molecular flexibility index (Phi) is 5.53. The molecule has 0 bridgehead atoms. The maximum absolute atomic E-state index is 10.7. The summed E-state index contributed by atoms with van der Waals surface area (Å²) in [5.74, 6) is 0. The van der Waals surface area contributed by atoms with Gasteiger partial charge in [-0.3, -0.25) is 0 Å². The van der Waals surface area contributed by atoms with Gasteiger partial charge in [0.15, 0.2) is 8.32 Å². The first-order valence-corrected chi connectivity index (χ1v) is 15.0. The van der Waals surface area contributed by atoms with Crippen LogP contribution in [0.4, 0.5) is 0 Å². The average Bonchev–Trinajstić information content (AvgIpc) is 2.73. The molecule has 1 fully saturated rings. The fraction of sp³-hybridized carbons (Fsp3) is 0.684. The largest absolute Gasteiger partial charge is 0.414 e. The molecule has 1 saturated carbocycles. The molecular formula is C19H34O3Si2. The number of hydrogen-bond donors (Lipinski definition) is 2. The molecule has 1 aromatic rings. The Balaban J connectivity index is 2.35. The lowest BCUT2D eigenvalue weighted by Crippen LogP contribution is -2.54. The Morgan fingerprint density at radius 3 is 2.04 bits per heavy atom. The molecule has 1 aliphatic rings. The molecule has 0 aliphatic heterocycles. The first kappa shape index (κ1) is 19.9. The van der Waals surface area contributed by atoms with E-state index in [9.17, 15) is 10.2 Å². The molecule has 0 amide bonds. The van der Waals surface area contributed by atoms with Gasteiger partial charge in [-0.15, -0.1) is 0 Å².